The lowest BCUT2D eigenvalue weighted by Crippen LogP contribution is -2.48. The minimum atomic E-state index is -0.308. The van der Waals surface area contributed by atoms with Gasteiger partial charge in [-0.25, -0.2) is 47.5 Å². The molecule has 17 rings (SSSR count). The van der Waals surface area contributed by atoms with E-state index in [2.05, 4.69) is 62.5 Å². The van der Waals surface area contributed by atoms with Gasteiger partial charge in [0.2, 0.25) is 17.6 Å². The highest BCUT2D eigenvalue weighted by atomic mass is 32.1. The molecule has 0 saturated carbocycles. The summed E-state index contributed by atoms with van der Waals surface area (Å²) < 4.78 is 29.6. The molecule has 39 heteroatoms. The van der Waals surface area contributed by atoms with Gasteiger partial charge in [0.1, 0.15) is 11.5 Å². The third-order valence-electron chi connectivity index (χ3n) is 20.5. The molecule has 10 N–H and O–H groups in total. The van der Waals surface area contributed by atoms with Crippen LogP contribution in [-0.4, -0.2) is 244 Å². The molecular formula is C89H102N26O10S3. The first-order valence-electron chi connectivity index (χ1n) is 41.1. The average Bonchev–Trinajstić information content (AvgIpc) is 1.57. The molecule has 16 aromatic rings. The molecule has 15 aromatic heterocycles. The molecule has 0 bridgehead atoms. The van der Waals surface area contributed by atoms with Crippen molar-refractivity contribution in [2.24, 2.45) is 0 Å². The number of benzene rings is 1. The summed E-state index contributed by atoms with van der Waals surface area (Å²) in [4.78, 5) is 114. The number of anilines is 5. The number of amides is 6. The van der Waals surface area contributed by atoms with Crippen molar-refractivity contribution in [3.05, 3.63) is 212 Å². The number of aryl methyl sites for hydroxylation is 5. The second-order valence-electron chi connectivity index (χ2n) is 30.7. The Hall–Kier alpha value is -14.3. The molecule has 1 aliphatic rings. The smallest absolute Gasteiger partial charge is 0.255 e. The lowest BCUT2D eigenvalue weighted by molar-refractivity contribution is -0.129. The van der Waals surface area contributed by atoms with E-state index in [1.54, 1.807) is 159 Å². The number of carbonyl (C=O) groups is 6. The number of nitrogens with two attached hydrogens (primary N) is 5. The number of rotatable bonds is 21. The standard InChI is InChI=1S/C21H21N5O2.C18H21N5O3.C17H20N6O2S.C17H21N5O2S.C16H19N5OS/c1-14-8-9-18(28-14)19-23-20-17(22)12-16(13-26(20)24-19)21(27)25(2)11-10-15-6-4-3-5-7-15;1-10-4-5-15(26-10)16-20-17-14(19)6-13(9-23(17)21-16)18(24)22-7-11(2)25-12(3)8-22;1-10-5-6-13(26-10)15-19-16-12(18)7-11(8-23(16)20-15)17(25)22(4)9-14(24)21(2)3;1-4-21(7-8-24-3)17(23)12-9-13(18)16-19-15(20-22(16)10-12)14-6-5-11(2)25-14;1-4-20(5-2)16(22)11-8-12(17)15-18-14(19-21(15)9-11)13-7-6-10(3)23-13/h3-9,12-13H,10-11,22H2,1-2H3;4-6,9,11-12H,7-8,19H2,1-3H3;5-8H,9,18H2,1-4H3;5-6,9-10H,4,7-8,18H2,1-3H3;6-9H,4-5,17H2,1-3H3. The summed E-state index contributed by atoms with van der Waals surface area (Å²) in [7, 11) is 8.27. The lowest BCUT2D eigenvalue weighted by Gasteiger charge is -2.35. The highest BCUT2D eigenvalue weighted by molar-refractivity contribution is 7.16. The van der Waals surface area contributed by atoms with Gasteiger partial charge in [-0.2, -0.15) is 0 Å². The van der Waals surface area contributed by atoms with Crippen molar-refractivity contribution in [3.8, 4) is 55.3 Å². The van der Waals surface area contributed by atoms with Gasteiger partial charge in [0.15, 0.2) is 57.2 Å². The minimum Gasteiger partial charge on any atom is -0.458 e. The van der Waals surface area contributed by atoms with Crippen LogP contribution in [-0.2, 0) is 20.7 Å². The molecule has 1 fully saturated rings. The van der Waals surface area contributed by atoms with Crippen molar-refractivity contribution in [3.63, 3.8) is 0 Å². The maximum atomic E-state index is 12.9. The Labute approximate surface area is 749 Å². The fourth-order valence-corrected chi connectivity index (χ4v) is 16.2. The number of ether oxygens (including phenoxy) is 2. The van der Waals surface area contributed by atoms with Gasteiger partial charge in [-0.05, 0) is 172 Å². The SMILES string of the molecule is CCN(CC)C(=O)c1cc(N)c2nc(-c3ccc(C)s3)nn2c1.CCN(CCOC)C(=O)c1cc(N)c2nc(-c3ccc(C)s3)nn2c1.Cc1ccc(-c2nc3c(N)cc(C(=O)N(C)CC(=O)N(C)C)cn3n2)s1.Cc1ccc(-c2nc3c(N)cc(C(=O)N(C)CCc4ccccc4)cn3n2)o1.Cc1ccc(-c2nc3c(N)cc(C(=O)N4CC(C)OC(C)C4)cn3n2)o1. The largest absolute Gasteiger partial charge is 0.458 e. The second kappa shape index (κ2) is 39.9. The van der Waals surface area contributed by atoms with Gasteiger partial charge in [-0.1, -0.05) is 30.3 Å². The summed E-state index contributed by atoms with van der Waals surface area (Å²) in [5.41, 5.74) is 38.7. The van der Waals surface area contributed by atoms with E-state index in [-0.39, 0.29) is 54.2 Å². The minimum absolute atomic E-state index is 0.00365. The van der Waals surface area contributed by atoms with Crippen molar-refractivity contribution < 1.29 is 47.1 Å². The number of thiophene rings is 3. The number of hydrogen-bond donors (Lipinski definition) is 5. The van der Waals surface area contributed by atoms with Crippen LogP contribution in [0.5, 0.6) is 0 Å². The fraction of sp³-hybridized carbons (Fsp3) is 0.303. The average molecular weight is 1790 g/mol. The van der Waals surface area contributed by atoms with Crippen LogP contribution in [0.1, 0.15) is 118 Å². The normalized spacial score (nSPS) is 13.0. The quantitative estimate of drug-likeness (QED) is 0.0446. The summed E-state index contributed by atoms with van der Waals surface area (Å²) in [5, 5.41) is 22.2. The van der Waals surface area contributed by atoms with Crippen molar-refractivity contribution in [2.75, 3.05) is 123 Å². The van der Waals surface area contributed by atoms with E-state index in [0.29, 0.717) is 178 Å². The second-order valence-corrected chi connectivity index (χ2v) is 34.6. The first-order chi connectivity index (χ1) is 61.2. The Bertz CT molecular complexity index is 6690. The fourth-order valence-electron chi connectivity index (χ4n) is 13.8. The van der Waals surface area contributed by atoms with E-state index in [4.69, 9.17) is 47.0 Å². The number of furan rings is 2. The van der Waals surface area contributed by atoms with Crippen molar-refractivity contribution in [1.82, 2.24) is 102 Å². The predicted molar refractivity (Wildman–Crippen MR) is 495 cm³/mol. The first-order valence-corrected chi connectivity index (χ1v) is 43.6. The third kappa shape index (κ3) is 21.3. The molecule has 1 saturated heterocycles. The summed E-state index contributed by atoms with van der Waals surface area (Å²) in [6.07, 6.45) is 9.06. The third-order valence-corrected chi connectivity index (χ3v) is 23.5. The van der Waals surface area contributed by atoms with Crippen LogP contribution >= 0.6 is 34.0 Å². The lowest BCUT2D eigenvalue weighted by atomic mass is 10.1. The number of hydrogen-bond acceptors (Lipinski definition) is 28. The van der Waals surface area contributed by atoms with Crippen LogP contribution in [0, 0.1) is 34.6 Å². The number of methoxy groups -OCH3 is 1. The molecular weight excluding hydrogens is 1690 g/mol. The van der Waals surface area contributed by atoms with E-state index < -0.39 is 0 Å². The molecule has 1 aromatic carbocycles. The van der Waals surface area contributed by atoms with Crippen molar-refractivity contribution in [1.29, 1.82) is 0 Å². The first kappa shape index (κ1) is 91.4. The molecule has 128 heavy (non-hydrogen) atoms. The van der Waals surface area contributed by atoms with Gasteiger partial charge < -0.3 is 76.4 Å². The molecule has 6 amide bonds. The number of likely N-dealkylation sites (N-methyl/N-ethyl adjacent to an activating group) is 4. The summed E-state index contributed by atoms with van der Waals surface area (Å²) in [6, 6.07) is 37.6. The maximum absolute atomic E-state index is 12.9. The number of pyridine rings is 5. The number of carbonyl (C=O) groups excluding carboxylic acids is 6. The Morgan fingerprint density at radius 3 is 1.14 bits per heavy atom. The summed E-state index contributed by atoms with van der Waals surface area (Å²) >= 11 is 4.84. The van der Waals surface area contributed by atoms with Crippen LogP contribution < -0.4 is 28.7 Å². The number of nitrogens with zero attached hydrogens (tertiary/aromatic N) is 21. The molecule has 0 aliphatic carbocycles. The van der Waals surface area contributed by atoms with Gasteiger partial charge in [0.25, 0.3) is 29.5 Å². The van der Waals surface area contributed by atoms with Gasteiger partial charge in [0, 0.05) is 127 Å². The highest BCUT2D eigenvalue weighted by Crippen LogP contribution is 2.33. The number of nitrogen functional groups attached to an aromatic ring is 5. The van der Waals surface area contributed by atoms with Crippen LogP contribution in [0.15, 0.2) is 161 Å². The van der Waals surface area contributed by atoms with Crippen LogP contribution in [0.2, 0.25) is 0 Å². The Morgan fingerprint density at radius 2 is 0.789 bits per heavy atom. The van der Waals surface area contributed by atoms with E-state index in [1.807, 2.05) is 148 Å². The number of fused-ring (bicyclic) bond motifs is 5. The molecule has 666 valence electrons. The number of morpholine rings is 1. The zero-order chi connectivity index (χ0) is 91.6. The Morgan fingerprint density at radius 1 is 0.438 bits per heavy atom. The van der Waals surface area contributed by atoms with Crippen molar-refractivity contribution in [2.45, 2.75) is 87.9 Å². The van der Waals surface area contributed by atoms with Crippen LogP contribution in [0.3, 0.4) is 0 Å². The van der Waals surface area contributed by atoms with E-state index in [9.17, 15) is 28.8 Å². The molecule has 2 atom stereocenters. The molecule has 0 spiro atoms. The van der Waals surface area contributed by atoms with Gasteiger partial charge in [-0.15, -0.1) is 59.5 Å². The van der Waals surface area contributed by atoms with Gasteiger partial charge in [-0.3, -0.25) is 28.8 Å². The topological polar surface area (TPSA) is 448 Å². The zero-order valence-corrected chi connectivity index (χ0v) is 76.2. The maximum Gasteiger partial charge on any atom is 0.255 e. The van der Waals surface area contributed by atoms with E-state index >= 15 is 0 Å². The molecule has 16 heterocycles. The zero-order valence-electron chi connectivity index (χ0n) is 73.7. The van der Waals surface area contributed by atoms with E-state index in [1.165, 1.54) is 38.7 Å². The Kier molecular flexibility index (Phi) is 28.5. The highest BCUT2D eigenvalue weighted by Gasteiger charge is 2.30. The van der Waals surface area contributed by atoms with E-state index in [0.717, 1.165) is 37.4 Å². The van der Waals surface area contributed by atoms with Gasteiger partial charge in [0.05, 0.1) is 96.2 Å². The van der Waals surface area contributed by atoms with Crippen LogP contribution in [0.4, 0.5) is 28.4 Å². The molecule has 1 aliphatic heterocycles. The molecule has 36 nitrogen and oxygen atoms in total. The summed E-state index contributed by atoms with van der Waals surface area (Å²) in [5.74, 6) is 4.53. The monoisotopic (exact) mass is 1790 g/mol. The summed E-state index contributed by atoms with van der Waals surface area (Å²) in [6.45, 7) is 24.2. The predicted octanol–water partition coefficient (Wildman–Crippen LogP) is 12.1. The Balaban J connectivity index is 0.000000137. The molecule has 2 unspecified atom stereocenters. The number of aromatic nitrogens is 15. The van der Waals surface area contributed by atoms with Gasteiger partial charge >= 0.3 is 0 Å². The molecule has 0 radical (unpaired) electrons. The van der Waals surface area contributed by atoms with Crippen LogP contribution in [0.25, 0.3) is 83.5 Å². The van der Waals surface area contributed by atoms with Crippen molar-refractivity contribution >= 4 is 126 Å².